The van der Waals surface area contributed by atoms with Crippen molar-refractivity contribution < 1.29 is 47.1 Å². The van der Waals surface area contributed by atoms with E-state index < -0.39 is 82.2 Å². The van der Waals surface area contributed by atoms with Crippen LogP contribution in [0.1, 0.15) is 43.7 Å². The third-order valence-electron chi connectivity index (χ3n) is 7.78. The van der Waals surface area contributed by atoms with Gasteiger partial charge in [0.2, 0.25) is 44.5 Å². The largest absolute Gasteiger partial charge is 0.481 e. The number of carboxylic acid groups (broad SMARTS) is 1. The van der Waals surface area contributed by atoms with Crippen molar-refractivity contribution in [2.24, 2.45) is 11.3 Å². The first-order chi connectivity index (χ1) is 24.1. The number of amides is 5. The Morgan fingerprint density at radius 2 is 1.45 bits per heavy atom. The topological polar surface area (TPSA) is 260 Å². The predicted octanol–water partition coefficient (Wildman–Crippen LogP) is -1.73. The maximum absolute atomic E-state index is 12.9. The SMILES string of the molecule is C[C@H](C(=O)O)C(=O)CNC(=O)CNC(=O)[C@H](Cc1ccccc1)NC(=O)CNC(=O)CNC(=O)C1(CCC#Cc2cnc(S(C)(=O)=O)nc2)CC1. The highest BCUT2D eigenvalue weighted by atomic mass is 32.2. The van der Waals surface area contributed by atoms with E-state index in [2.05, 4.69) is 48.4 Å². The molecular weight excluding hydrogens is 686 g/mol. The lowest BCUT2D eigenvalue weighted by Gasteiger charge is -2.19. The number of rotatable bonds is 18. The van der Waals surface area contributed by atoms with Gasteiger partial charge >= 0.3 is 5.97 Å². The summed E-state index contributed by atoms with van der Waals surface area (Å²) in [5.41, 5.74) is 0.455. The fourth-order valence-corrected chi connectivity index (χ4v) is 4.99. The van der Waals surface area contributed by atoms with E-state index in [9.17, 15) is 42.0 Å². The van der Waals surface area contributed by atoms with Gasteiger partial charge in [0.05, 0.1) is 37.2 Å². The molecule has 17 nitrogen and oxygen atoms in total. The van der Waals surface area contributed by atoms with Gasteiger partial charge in [-0.05, 0) is 31.7 Å². The molecule has 18 heteroatoms. The van der Waals surface area contributed by atoms with Crippen molar-refractivity contribution in [1.82, 2.24) is 36.6 Å². The highest BCUT2D eigenvalue weighted by Gasteiger charge is 2.48. The van der Waals surface area contributed by atoms with Crippen molar-refractivity contribution in [1.29, 1.82) is 0 Å². The summed E-state index contributed by atoms with van der Waals surface area (Å²) in [5.74, 6) is -0.764. The molecule has 1 aliphatic carbocycles. The molecule has 2 atom stereocenters. The first-order valence-corrected chi connectivity index (χ1v) is 17.7. The molecule has 3 rings (SSSR count). The van der Waals surface area contributed by atoms with Crippen LogP contribution in [0.15, 0.2) is 47.9 Å². The zero-order valence-corrected chi connectivity index (χ0v) is 28.8. The number of carboxylic acids is 1. The molecule has 6 N–H and O–H groups in total. The van der Waals surface area contributed by atoms with Gasteiger partial charge in [0, 0.05) is 31.5 Å². The molecule has 5 amide bonds. The van der Waals surface area contributed by atoms with Gasteiger partial charge in [0.1, 0.15) is 12.0 Å². The molecule has 1 aliphatic rings. The van der Waals surface area contributed by atoms with Crippen molar-refractivity contribution in [2.45, 2.75) is 50.2 Å². The van der Waals surface area contributed by atoms with Gasteiger partial charge in [-0.2, -0.15) is 0 Å². The summed E-state index contributed by atoms with van der Waals surface area (Å²) in [7, 11) is -3.52. The van der Waals surface area contributed by atoms with E-state index in [4.69, 9.17) is 5.11 Å². The van der Waals surface area contributed by atoms with Crippen LogP contribution in [0.4, 0.5) is 0 Å². The van der Waals surface area contributed by atoms with E-state index in [0.717, 1.165) is 6.26 Å². The zero-order chi connectivity index (χ0) is 37.6. The predicted molar refractivity (Wildman–Crippen MR) is 179 cm³/mol. The van der Waals surface area contributed by atoms with Crippen LogP contribution in [0.5, 0.6) is 0 Å². The Bertz CT molecular complexity index is 1800. The number of benzene rings is 1. The number of nitrogens with one attached hydrogen (secondary N) is 5. The van der Waals surface area contributed by atoms with Gasteiger partial charge in [-0.1, -0.05) is 42.2 Å². The first-order valence-electron chi connectivity index (χ1n) is 15.8. The number of hydrogen-bond donors (Lipinski definition) is 6. The quantitative estimate of drug-likeness (QED) is 0.0570. The Labute approximate surface area is 294 Å². The maximum atomic E-state index is 12.9. The van der Waals surface area contributed by atoms with Crippen LogP contribution in [0.3, 0.4) is 0 Å². The van der Waals surface area contributed by atoms with E-state index in [1.165, 1.54) is 19.3 Å². The lowest BCUT2D eigenvalue weighted by molar-refractivity contribution is -0.145. The molecule has 0 aliphatic heterocycles. The molecule has 51 heavy (non-hydrogen) atoms. The second-order valence-corrected chi connectivity index (χ2v) is 13.8. The first kappa shape index (κ1) is 39.7. The molecule has 0 spiro atoms. The molecule has 1 heterocycles. The van der Waals surface area contributed by atoms with Crippen LogP contribution in [-0.4, -0.2) is 103 Å². The van der Waals surface area contributed by atoms with Crippen LogP contribution >= 0.6 is 0 Å². The van der Waals surface area contributed by atoms with Gasteiger partial charge in [-0.3, -0.25) is 33.6 Å². The Hall–Kier alpha value is -5.70. The second-order valence-electron chi connectivity index (χ2n) is 11.9. The minimum atomic E-state index is -3.52. The molecule has 272 valence electrons. The minimum Gasteiger partial charge on any atom is -0.481 e. The minimum absolute atomic E-state index is 0.0500. The van der Waals surface area contributed by atoms with E-state index in [1.54, 1.807) is 30.3 Å². The summed E-state index contributed by atoms with van der Waals surface area (Å²) >= 11 is 0. The van der Waals surface area contributed by atoms with Gasteiger partial charge in [0.25, 0.3) is 0 Å². The lowest BCUT2D eigenvalue weighted by Crippen LogP contribution is -2.52. The summed E-state index contributed by atoms with van der Waals surface area (Å²) in [5, 5.41) is 20.7. The maximum Gasteiger partial charge on any atom is 0.313 e. The number of aliphatic carboxylic acids is 1. The highest BCUT2D eigenvalue weighted by Crippen LogP contribution is 2.49. The van der Waals surface area contributed by atoms with Crippen LogP contribution in [-0.2, 0) is 49.8 Å². The summed E-state index contributed by atoms with van der Waals surface area (Å²) in [6.07, 6.45) is 5.68. The lowest BCUT2D eigenvalue weighted by atomic mass is 9.99. The molecule has 1 aromatic carbocycles. The number of carbonyl (C=O) groups is 7. The number of aromatic nitrogens is 2. The van der Waals surface area contributed by atoms with E-state index >= 15 is 0 Å². The fraction of sp³-hybridized carbons (Fsp3) is 0.424. The van der Waals surface area contributed by atoms with Crippen LogP contribution in [0, 0.1) is 23.2 Å². The Morgan fingerprint density at radius 3 is 2.04 bits per heavy atom. The van der Waals surface area contributed by atoms with Crippen molar-refractivity contribution >= 4 is 51.1 Å². The Balaban J connectivity index is 1.43. The molecule has 0 radical (unpaired) electrons. The summed E-state index contributed by atoms with van der Waals surface area (Å²) in [6, 6.07) is 7.56. The number of sulfone groups is 1. The number of hydrogen-bond acceptors (Lipinski definition) is 11. The summed E-state index contributed by atoms with van der Waals surface area (Å²) < 4.78 is 22.9. The molecule has 1 fully saturated rings. The van der Waals surface area contributed by atoms with Gasteiger partial charge in [0.15, 0.2) is 5.78 Å². The average Bonchev–Trinajstić information content (AvgIpc) is 3.90. The fourth-order valence-electron chi connectivity index (χ4n) is 4.50. The van der Waals surface area contributed by atoms with Crippen molar-refractivity contribution in [2.75, 3.05) is 32.4 Å². The van der Waals surface area contributed by atoms with Crippen molar-refractivity contribution in [3.05, 3.63) is 53.9 Å². The van der Waals surface area contributed by atoms with E-state index in [0.29, 0.717) is 36.8 Å². The second kappa shape index (κ2) is 18.3. The molecule has 2 aromatic rings. The Kier molecular flexibility index (Phi) is 14.3. The number of Topliss-reactive ketones (excluding diaryl/α,β-unsaturated/α-hetero) is 1. The monoisotopic (exact) mass is 725 g/mol. The van der Waals surface area contributed by atoms with Gasteiger partial charge < -0.3 is 31.7 Å². The standard InChI is InChI=1S/C33H39N7O10S/c1-21(30(46)47)25(41)17-34-26(42)18-36-29(45)24(14-22-8-4-3-5-9-22)40-28(44)20-35-27(43)19-37-31(48)33(12-13-33)11-7-6-10-23-15-38-32(39-16-23)51(2,49)50/h3-5,8-9,15-16,21,24H,7,11-14,17-20H2,1-2H3,(H,34,42)(H,35,43)(H,36,45)(H,37,48)(H,40,44)(H,46,47)/t21-,24-/m0/s1. The summed E-state index contributed by atoms with van der Waals surface area (Å²) in [4.78, 5) is 93.2. The Morgan fingerprint density at radius 1 is 0.863 bits per heavy atom. The number of nitrogens with zero attached hydrogens (tertiary/aromatic N) is 2. The van der Waals surface area contributed by atoms with Gasteiger partial charge in [-0.15, -0.1) is 0 Å². The van der Waals surface area contributed by atoms with Gasteiger partial charge in [-0.25, -0.2) is 18.4 Å². The summed E-state index contributed by atoms with van der Waals surface area (Å²) in [6.45, 7) is -0.793. The highest BCUT2D eigenvalue weighted by molar-refractivity contribution is 7.90. The van der Waals surface area contributed by atoms with Crippen LogP contribution in [0.2, 0.25) is 0 Å². The molecule has 0 saturated heterocycles. The third-order valence-corrected chi connectivity index (χ3v) is 8.66. The smallest absolute Gasteiger partial charge is 0.313 e. The molecule has 1 saturated carbocycles. The molecule has 0 unspecified atom stereocenters. The number of carbonyl (C=O) groups excluding carboxylic acids is 6. The van der Waals surface area contributed by atoms with Crippen molar-refractivity contribution in [3.8, 4) is 11.8 Å². The van der Waals surface area contributed by atoms with E-state index in [-0.39, 0.29) is 24.0 Å². The normalized spacial score (nSPS) is 13.9. The average molecular weight is 726 g/mol. The zero-order valence-electron chi connectivity index (χ0n) is 28.0. The molecule has 0 bridgehead atoms. The van der Waals surface area contributed by atoms with Crippen LogP contribution < -0.4 is 26.6 Å². The third kappa shape index (κ3) is 13.3. The van der Waals surface area contributed by atoms with E-state index in [1.807, 2.05) is 0 Å². The molecular formula is C33H39N7O10S. The molecule has 1 aromatic heterocycles. The van der Waals surface area contributed by atoms with Crippen LogP contribution in [0.25, 0.3) is 0 Å². The van der Waals surface area contributed by atoms with Crippen molar-refractivity contribution in [3.63, 3.8) is 0 Å². The number of ketones is 1.